The van der Waals surface area contributed by atoms with Crippen molar-refractivity contribution in [3.8, 4) is 11.3 Å². The number of carbonyl (C=O) groups is 1. The van der Waals surface area contributed by atoms with Gasteiger partial charge in [-0.25, -0.2) is 14.8 Å². The minimum atomic E-state index is -0.427. The third kappa shape index (κ3) is 2.85. The first-order valence-corrected chi connectivity index (χ1v) is 6.44. The monoisotopic (exact) mass is 270 g/mol. The Balaban J connectivity index is 2.64. The fraction of sp³-hybridized carbons (Fsp3) is 0.312. The van der Waals surface area contributed by atoms with Crippen LogP contribution in [-0.4, -0.2) is 23.0 Å². The van der Waals surface area contributed by atoms with Gasteiger partial charge in [-0.3, -0.25) is 0 Å². The summed E-state index contributed by atoms with van der Waals surface area (Å²) in [7, 11) is 1.36. The lowest BCUT2D eigenvalue weighted by molar-refractivity contribution is 0.0600. The van der Waals surface area contributed by atoms with Crippen molar-refractivity contribution < 1.29 is 9.53 Å². The molecule has 0 saturated heterocycles. The number of hydrogen-bond acceptors (Lipinski definition) is 4. The number of esters is 1. The molecule has 0 N–H and O–H groups in total. The predicted octanol–water partition coefficient (Wildman–Crippen LogP) is 3.23. The average molecular weight is 270 g/mol. The van der Waals surface area contributed by atoms with Crippen LogP contribution in [0.1, 0.15) is 37.0 Å². The Morgan fingerprint density at radius 2 is 1.80 bits per heavy atom. The number of rotatable bonds is 2. The standard InChI is InChI=1S/C16H18N2O2/c1-16(2,3)15-17-10-12(14(19)20-4)13(18-15)11-8-6-5-7-9-11/h5-10H,1-4H3. The second-order valence-electron chi connectivity index (χ2n) is 5.56. The van der Waals surface area contributed by atoms with E-state index in [2.05, 4.69) is 9.97 Å². The van der Waals surface area contributed by atoms with Crippen LogP contribution in [0.5, 0.6) is 0 Å². The van der Waals surface area contributed by atoms with E-state index in [-0.39, 0.29) is 5.41 Å². The zero-order valence-corrected chi connectivity index (χ0v) is 12.2. The Morgan fingerprint density at radius 1 is 1.15 bits per heavy atom. The summed E-state index contributed by atoms with van der Waals surface area (Å²) in [6.45, 7) is 6.11. The van der Waals surface area contributed by atoms with Crippen LogP contribution in [0.25, 0.3) is 11.3 Å². The van der Waals surface area contributed by atoms with E-state index in [1.807, 2.05) is 51.1 Å². The fourth-order valence-corrected chi connectivity index (χ4v) is 1.82. The first-order valence-electron chi connectivity index (χ1n) is 6.44. The molecule has 0 unspecified atom stereocenters. The van der Waals surface area contributed by atoms with E-state index in [4.69, 9.17) is 4.74 Å². The lowest BCUT2D eigenvalue weighted by atomic mass is 9.95. The number of benzene rings is 1. The molecule has 0 aliphatic rings. The molecule has 0 aliphatic heterocycles. The topological polar surface area (TPSA) is 52.1 Å². The van der Waals surface area contributed by atoms with Gasteiger partial charge in [0.25, 0.3) is 0 Å². The molecule has 1 heterocycles. The van der Waals surface area contributed by atoms with Crippen LogP contribution < -0.4 is 0 Å². The summed E-state index contributed by atoms with van der Waals surface area (Å²) in [4.78, 5) is 20.7. The van der Waals surface area contributed by atoms with Gasteiger partial charge in [0.2, 0.25) is 0 Å². The highest BCUT2D eigenvalue weighted by molar-refractivity contribution is 5.95. The smallest absolute Gasteiger partial charge is 0.341 e. The molecule has 0 radical (unpaired) electrons. The van der Waals surface area contributed by atoms with Crippen LogP contribution in [0.3, 0.4) is 0 Å². The Labute approximate surface area is 118 Å². The molecule has 104 valence electrons. The van der Waals surface area contributed by atoms with Gasteiger partial charge in [-0.05, 0) is 0 Å². The van der Waals surface area contributed by atoms with Crippen LogP contribution in [-0.2, 0) is 10.2 Å². The van der Waals surface area contributed by atoms with E-state index in [1.165, 1.54) is 7.11 Å². The molecular formula is C16H18N2O2. The van der Waals surface area contributed by atoms with Gasteiger partial charge in [0.05, 0.1) is 12.8 Å². The molecule has 4 nitrogen and oxygen atoms in total. The summed E-state index contributed by atoms with van der Waals surface area (Å²) in [6, 6.07) is 9.58. The number of aromatic nitrogens is 2. The molecule has 4 heteroatoms. The van der Waals surface area contributed by atoms with E-state index >= 15 is 0 Å². The number of carbonyl (C=O) groups excluding carboxylic acids is 1. The minimum absolute atomic E-state index is 0.182. The molecule has 0 bridgehead atoms. The van der Waals surface area contributed by atoms with Crippen LogP contribution in [0.4, 0.5) is 0 Å². The summed E-state index contributed by atoms with van der Waals surface area (Å²) in [5.41, 5.74) is 1.68. The number of ether oxygens (including phenoxy) is 1. The summed E-state index contributed by atoms with van der Waals surface area (Å²) >= 11 is 0. The molecule has 0 fully saturated rings. The molecule has 0 spiro atoms. The quantitative estimate of drug-likeness (QED) is 0.786. The first kappa shape index (κ1) is 14.2. The summed E-state index contributed by atoms with van der Waals surface area (Å²) in [6.07, 6.45) is 1.54. The Kier molecular flexibility index (Phi) is 3.84. The SMILES string of the molecule is COC(=O)c1cnc(C(C)(C)C)nc1-c1ccccc1. The Morgan fingerprint density at radius 3 is 2.35 bits per heavy atom. The zero-order valence-electron chi connectivity index (χ0n) is 12.2. The average Bonchev–Trinajstić information content (AvgIpc) is 2.46. The molecule has 2 aromatic rings. The zero-order chi connectivity index (χ0) is 14.8. The molecule has 0 saturated carbocycles. The fourth-order valence-electron chi connectivity index (χ4n) is 1.82. The van der Waals surface area contributed by atoms with Crippen molar-refractivity contribution in [1.82, 2.24) is 9.97 Å². The summed E-state index contributed by atoms with van der Waals surface area (Å²) in [5, 5.41) is 0. The molecule has 20 heavy (non-hydrogen) atoms. The summed E-state index contributed by atoms with van der Waals surface area (Å²) in [5.74, 6) is 0.272. The highest BCUT2D eigenvalue weighted by Crippen LogP contribution is 2.25. The van der Waals surface area contributed by atoms with Gasteiger partial charge in [0.15, 0.2) is 0 Å². The maximum Gasteiger partial charge on any atom is 0.341 e. The van der Waals surface area contributed by atoms with Crippen LogP contribution in [0, 0.1) is 0 Å². The predicted molar refractivity (Wildman–Crippen MR) is 77.5 cm³/mol. The van der Waals surface area contributed by atoms with Crippen LogP contribution in [0.15, 0.2) is 36.5 Å². The maximum absolute atomic E-state index is 11.9. The highest BCUT2D eigenvalue weighted by Gasteiger charge is 2.22. The molecule has 0 atom stereocenters. The van der Waals surface area contributed by atoms with E-state index in [0.29, 0.717) is 17.1 Å². The third-order valence-corrected chi connectivity index (χ3v) is 2.91. The van der Waals surface area contributed by atoms with Gasteiger partial charge < -0.3 is 4.74 Å². The maximum atomic E-state index is 11.9. The van der Waals surface area contributed by atoms with Crippen molar-refractivity contribution in [1.29, 1.82) is 0 Å². The van der Waals surface area contributed by atoms with Crippen LogP contribution in [0.2, 0.25) is 0 Å². The van der Waals surface area contributed by atoms with Crippen molar-refractivity contribution in [2.24, 2.45) is 0 Å². The van der Waals surface area contributed by atoms with Gasteiger partial charge in [-0.1, -0.05) is 51.1 Å². The molecule has 0 amide bonds. The second-order valence-corrected chi connectivity index (χ2v) is 5.56. The lowest BCUT2D eigenvalue weighted by Gasteiger charge is -2.18. The van der Waals surface area contributed by atoms with Crippen molar-refractivity contribution in [2.75, 3.05) is 7.11 Å². The van der Waals surface area contributed by atoms with E-state index in [9.17, 15) is 4.79 Å². The van der Waals surface area contributed by atoms with Gasteiger partial charge in [-0.15, -0.1) is 0 Å². The Bertz CT molecular complexity index is 616. The van der Waals surface area contributed by atoms with Gasteiger partial charge in [0.1, 0.15) is 11.4 Å². The summed E-state index contributed by atoms with van der Waals surface area (Å²) < 4.78 is 4.80. The molecule has 2 rings (SSSR count). The Hall–Kier alpha value is -2.23. The molecular weight excluding hydrogens is 252 g/mol. The van der Waals surface area contributed by atoms with Gasteiger partial charge in [0, 0.05) is 17.2 Å². The number of hydrogen-bond donors (Lipinski definition) is 0. The van der Waals surface area contributed by atoms with Crippen molar-refractivity contribution >= 4 is 5.97 Å². The van der Waals surface area contributed by atoms with E-state index in [0.717, 1.165) is 5.56 Å². The van der Waals surface area contributed by atoms with Crippen molar-refractivity contribution in [2.45, 2.75) is 26.2 Å². The number of methoxy groups -OCH3 is 1. The van der Waals surface area contributed by atoms with E-state index in [1.54, 1.807) is 6.20 Å². The van der Waals surface area contributed by atoms with E-state index < -0.39 is 5.97 Å². The van der Waals surface area contributed by atoms with Gasteiger partial charge in [-0.2, -0.15) is 0 Å². The largest absolute Gasteiger partial charge is 0.465 e. The van der Waals surface area contributed by atoms with Gasteiger partial charge >= 0.3 is 5.97 Å². The normalized spacial score (nSPS) is 11.2. The molecule has 1 aromatic carbocycles. The third-order valence-electron chi connectivity index (χ3n) is 2.91. The second kappa shape index (κ2) is 5.41. The molecule has 0 aliphatic carbocycles. The molecule has 1 aromatic heterocycles. The number of nitrogens with zero attached hydrogens (tertiary/aromatic N) is 2. The minimum Gasteiger partial charge on any atom is -0.465 e. The van der Waals surface area contributed by atoms with Crippen molar-refractivity contribution in [3.63, 3.8) is 0 Å². The lowest BCUT2D eigenvalue weighted by Crippen LogP contribution is -2.18. The van der Waals surface area contributed by atoms with Crippen molar-refractivity contribution in [3.05, 3.63) is 47.9 Å². The van der Waals surface area contributed by atoms with Crippen LogP contribution >= 0.6 is 0 Å². The highest BCUT2D eigenvalue weighted by atomic mass is 16.5. The first-order chi connectivity index (χ1) is 9.43.